The van der Waals surface area contributed by atoms with Gasteiger partial charge in [-0.05, 0) is 43.7 Å². The third-order valence-electron chi connectivity index (χ3n) is 2.75. The fourth-order valence-corrected chi connectivity index (χ4v) is 1.84. The Morgan fingerprint density at radius 3 is 2.57 bits per heavy atom. The van der Waals surface area contributed by atoms with Crippen LogP contribution in [0.25, 0.3) is 0 Å². The molecule has 5 nitrogen and oxygen atoms in total. The minimum absolute atomic E-state index is 0.122. The van der Waals surface area contributed by atoms with E-state index in [1.54, 1.807) is 18.3 Å². The van der Waals surface area contributed by atoms with Gasteiger partial charge in [-0.15, -0.1) is 0 Å². The van der Waals surface area contributed by atoms with E-state index in [2.05, 4.69) is 15.6 Å². The van der Waals surface area contributed by atoms with Gasteiger partial charge in [0.1, 0.15) is 11.6 Å². The molecule has 21 heavy (non-hydrogen) atoms. The van der Waals surface area contributed by atoms with Crippen LogP contribution in [0.2, 0.25) is 0 Å². The van der Waals surface area contributed by atoms with Gasteiger partial charge in [0.2, 0.25) is 5.91 Å². The smallest absolute Gasteiger partial charge is 0.231 e. The van der Waals surface area contributed by atoms with Crippen LogP contribution in [0.4, 0.5) is 17.2 Å². The molecule has 1 heterocycles. The molecule has 2 rings (SSSR count). The van der Waals surface area contributed by atoms with E-state index in [9.17, 15) is 9.59 Å². The SMILES string of the molecule is CC(=O)CC(=O)Nc1ccc(Nc2cccc(C)c2)nc1. The number of ketones is 1. The molecular weight excluding hydrogens is 266 g/mol. The summed E-state index contributed by atoms with van der Waals surface area (Å²) in [6.45, 7) is 3.40. The van der Waals surface area contributed by atoms with E-state index < -0.39 is 0 Å². The highest BCUT2D eigenvalue weighted by molar-refractivity contribution is 6.03. The highest BCUT2D eigenvalue weighted by Gasteiger charge is 2.05. The average Bonchev–Trinajstić information content (AvgIpc) is 2.40. The van der Waals surface area contributed by atoms with Crippen LogP contribution in [-0.2, 0) is 9.59 Å². The number of benzene rings is 1. The number of amides is 1. The predicted molar refractivity (Wildman–Crippen MR) is 82.6 cm³/mol. The second-order valence-electron chi connectivity index (χ2n) is 4.85. The van der Waals surface area contributed by atoms with Crippen molar-refractivity contribution < 1.29 is 9.59 Å². The molecule has 0 aliphatic carbocycles. The maximum atomic E-state index is 11.5. The lowest BCUT2D eigenvalue weighted by atomic mass is 10.2. The van der Waals surface area contributed by atoms with Gasteiger partial charge in [0.25, 0.3) is 0 Å². The lowest BCUT2D eigenvalue weighted by Crippen LogP contribution is -2.14. The fraction of sp³-hybridized carbons (Fsp3) is 0.188. The van der Waals surface area contributed by atoms with E-state index in [1.165, 1.54) is 6.92 Å². The quantitative estimate of drug-likeness (QED) is 0.827. The molecule has 0 aliphatic rings. The number of aryl methyl sites for hydroxylation is 1. The van der Waals surface area contributed by atoms with Gasteiger partial charge in [0, 0.05) is 5.69 Å². The summed E-state index contributed by atoms with van der Waals surface area (Å²) in [5.41, 5.74) is 2.68. The third kappa shape index (κ3) is 4.72. The molecule has 0 saturated carbocycles. The molecule has 108 valence electrons. The van der Waals surface area contributed by atoms with Gasteiger partial charge >= 0.3 is 0 Å². The molecule has 0 bridgehead atoms. The number of nitrogens with one attached hydrogen (secondary N) is 2. The Morgan fingerprint density at radius 2 is 1.95 bits per heavy atom. The lowest BCUT2D eigenvalue weighted by Gasteiger charge is -2.08. The summed E-state index contributed by atoms with van der Waals surface area (Å²) >= 11 is 0. The zero-order valence-corrected chi connectivity index (χ0v) is 12.0. The molecular formula is C16H17N3O2. The highest BCUT2D eigenvalue weighted by Crippen LogP contribution is 2.17. The fourth-order valence-electron chi connectivity index (χ4n) is 1.84. The number of carbonyl (C=O) groups excluding carboxylic acids is 2. The highest BCUT2D eigenvalue weighted by atomic mass is 16.2. The Bertz CT molecular complexity index is 651. The van der Waals surface area contributed by atoms with Crippen molar-refractivity contribution >= 4 is 28.9 Å². The Labute approximate surface area is 123 Å². The van der Waals surface area contributed by atoms with Crippen LogP contribution in [0.5, 0.6) is 0 Å². The number of aromatic nitrogens is 1. The number of hydrogen-bond donors (Lipinski definition) is 2. The number of pyridine rings is 1. The Hall–Kier alpha value is -2.69. The number of rotatable bonds is 5. The lowest BCUT2D eigenvalue weighted by molar-refractivity contribution is -0.124. The maximum absolute atomic E-state index is 11.5. The molecule has 5 heteroatoms. The molecule has 0 unspecified atom stereocenters. The molecule has 0 radical (unpaired) electrons. The van der Waals surface area contributed by atoms with Gasteiger partial charge in [-0.1, -0.05) is 12.1 Å². The van der Waals surface area contributed by atoms with Gasteiger partial charge in [-0.3, -0.25) is 9.59 Å². The molecule has 1 amide bonds. The van der Waals surface area contributed by atoms with E-state index in [-0.39, 0.29) is 18.1 Å². The first kappa shape index (κ1) is 14.7. The van der Waals surface area contributed by atoms with Crippen molar-refractivity contribution in [2.75, 3.05) is 10.6 Å². The number of carbonyl (C=O) groups is 2. The average molecular weight is 283 g/mol. The number of Topliss-reactive ketones (excluding diaryl/α,β-unsaturated/α-hetero) is 1. The summed E-state index contributed by atoms with van der Waals surface area (Å²) in [7, 11) is 0. The van der Waals surface area contributed by atoms with Crippen molar-refractivity contribution in [3.8, 4) is 0 Å². The van der Waals surface area contributed by atoms with Crippen LogP contribution < -0.4 is 10.6 Å². The second kappa shape index (κ2) is 6.65. The van der Waals surface area contributed by atoms with E-state index in [1.807, 2.05) is 31.2 Å². The van der Waals surface area contributed by atoms with Crippen molar-refractivity contribution in [1.29, 1.82) is 0 Å². The summed E-state index contributed by atoms with van der Waals surface area (Å²) < 4.78 is 0. The third-order valence-corrected chi connectivity index (χ3v) is 2.75. The first-order valence-corrected chi connectivity index (χ1v) is 6.62. The Kier molecular flexibility index (Phi) is 4.66. The maximum Gasteiger partial charge on any atom is 0.231 e. The van der Waals surface area contributed by atoms with Crippen molar-refractivity contribution in [3.05, 3.63) is 48.2 Å². The van der Waals surface area contributed by atoms with Gasteiger partial charge in [-0.25, -0.2) is 4.98 Å². The summed E-state index contributed by atoms with van der Waals surface area (Å²) in [5, 5.41) is 5.80. The van der Waals surface area contributed by atoms with E-state index in [0.717, 1.165) is 11.3 Å². The minimum Gasteiger partial charge on any atom is -0.340 e. The molecule has 0 atom stereocenters. The first-order chi connectivity index (χ1) is 10.0. The van der Waals surface area contributed by atoms with Crippen LogP contribution in [0.3, 0.4) is 0 Å². The van der Waals surface area contributed by atoms with Gasteiger partial charge in [0.05, 0.1) is 18.3 Å². The monoisotopic (exact) mass is 283 g/mol. The van der Waals surface area contributed by atoms with Gasteiger partial charge in [-0.2, -0.15) is 0 Å². The van der Waals surface area contributed by atoms with E-state index >= 15 is 0 Å². The van der Waals surface area contributed by atoms with Crippen LogP contribution in [0, 0.1) is 6.92 Å². The molecule has 0 saturated heterocycles. The van der Waals surface area contributed by atoms with Crippen LogP contribution in [-0.4, -0.2) is 16.7 Å². The van der Waals surface area contributed by atoms with E-state index in [4.69, 9.17) is 0 Å². The van der Waals surface area contributed by atoms with Gasteiger partial charge in [0.15, 0.2) is 0 Å². The second-order valence-corrected chi connectivity index (χ2v) is 4.85. The Morgan fingerprint density at radius 1 is 1.14 bits per heavy atom. The Balaban J connectivity index is 1.99. The topological polar surface area (TPSA) is 71.1 Å². The number of hydrogen-bond acceptors (Lipinski definition) is 4. The largest absolute Gasteiger partial charge is 0.340 e. The number of anilines is 3. The predicted octanol–water partition coefficient (Wildman–Crippen LogP) is 3.05. The molecule has 0 aliphatic heterocycles. The number of nitrogens with zero attached hydrogens (tertiary/aromatic N) is 1. The van der Waals surface area contributed by atoms with Crippen molar-refractivity contribution in [2.45, 2.75) is 20.3 Å². The standard InChI is InChI=1S/C16H17N3O2/c1-11-4-3-5-13(8-11)18-15-7-6-14(10-17-15)19-16(21)9-12(2)20/h3-8,10H,9H2,1-2H3,(H,17,18)(H,19,21). The summed E-state index contributed by atoms with van der Waals surface area (Å²) in [6.07, 6.45) is 1.43. The van der Waals surface area contributed by atoms with Crippen LogP contribution in [0.15, 0.2) is 42.6 Å². The first-order valence-electron chi connectivity index (χ1n) is 6.62. The summed E-state index contributed by atoms with van der Waals surface area (Å²) in [5.74, 6) is 0.187. The molecule has 1 aromatic carbocycles. The molecule has 0 fully saturated rings. The minimum atomic E-state index is -0.330. The molecule has 0 spiro atoms. The zero-order valence-electron chi connectivity index (χ0n) is 12.0. The van der Waals surface area contributed by atoms with Crippen molar-refractivity contribution in [1.82, 2.24) is 4.98 Å². The van der Waals surface area contributed by atoms with Gasteiger partial charge < -0.3 is 10.6 Å². The van der Waals surface area contributed by atoms with Crippen molar-refractivity contribution in [3.63, 3.8) is 0 Å². The van der Waals surface area contributed by atoms with Crippen LogP contribution in [0.1, 0.15) is 18.9 Å². The molecule has 2 aromatic rings. The van der Waals surface area contributed by atoms with Crippen molar-refractivity contribution in [2.24, 2.45) is 0 Å². The zero-order chi connectivity index (χ0) is 15.2. The molecule has 1 aromatic heterocycles. The molecule has 2 N–H and O–H groups in total. The normalized spacial score (nSPS) is 10.0. The van der Waals surface area contributed by atoms with E-state index in [0.29, 0.717) is 11.5 Å². The summed E-state index contributed by atoms with van der Waals surface area (Å²) in [4.78, 5) is 26.5. The summed E-state index contributed by atoms with van der Waals surface area (Å²) in [6, 6.07) is 11.5. The van der Waals surface area contributed by atoms with Crippen LogP contribution >= 0.6 is 0 Å².